The number of nitrogens with zero attached hydrogens (tertiary/aromatic N) is 2. The first kappa shape index (κ1) is 23.8. The molecule has 1 aliphatic rings. The van der Waals surface area contributed by atoms with Crippen molar-refractivity contribution < 1.29 is 9.53 Å². The molecule has 1 atom stereocenters. The number of fused-ring (bicyclic) bond motifs is 1. The van der Waals surface area contributed by atoms with Crippen LogP contribution in [-0.4, -0.2) is 35.6 Å². The molecule has 0 saturated carbocycles. The van der Waals surface area contributed by atoms with Gasteiger partial charge in [0, 0.05) is 11.6 Å². The largest absolute Gasteiger partial charge is 0.492 e. The van der Waals surface area contributed by atoms with Crippen molar-refractivity contribution in [3.8, 4) is 5.75 Å². The number of anilines is 2. The molecule has 1 unspecified atom stereocenters. The molecule has 0 fully saturated rings. The summed E-state index contributed by atoms with van der Waals surface area (Å²) in [6, 6.07) is 24.3. The molecule has 0 spiro atoms. The van der Waals surface area contributed by atoms with Crippen molar-refractivity contribution in [2.45, 2.75) is 26.7 Å². The number of hydrogen-bond donors (Lipinski definition) is 1. The fourth-order valence-corrected chi connectivity index (χ4v) is 4.52. The molecule has 0 aromatic heterocycles. The van der Waals surface area contributed by atoms with Crippen LogP contribution in [0.15, 0.2) is 72.8 Å². The molecule has 5 nitrogen and oxygen atoms in total. The third kappa shape index (κ3) is 5.39. The van der Waals surface area contributed by atoms with E-state index >= 15 is 0 Å². The molecule has 1 amide bonds. The van der Waals surface area contributed by atoms with Crippen molar-refractivity contribution in [2.24, 2.45) is 11.7 Å². The summed E-state index contributed by atoms with van der Waals surface area (Å²) >= 11 is 5.16. The van der Waals surface area contributed by atoms with E-state index in [1.807, 2.05) is 60.4 Å². The first-order valence-electron chi connectivity index (χ1n) is 11.7. The van der Waals surface area contributed by atoms with Crippen LogP contribution in [0.3, 0.4) is 0 Å². The maximum atomic E-state index is 13.2. The van der Waals surface area contributed by atoms with Crippen LogP contribution in [0, 0.1) is 12.8 Å². The molecule has 3 aromatic rings. The Morgan fingerprint density at radius 1 is 1.09 bits per heavy atom. The molecule has 0 saturated heterocycles. The summed E-state index contributed by atoms with van der Waals surface area (Å²) in [6.07, 6.45) is 1.77. The standard InChI is InChI=1S/C28H31N3O2S/c1-3-22(27(29)34)18-21-10-12-24(13-11-21)33-16-15-30-19-31(23-7-5-4-6-8-23)26-14-9-20(2)17-25(26)28(30)32/h4-14,17,22H,3,15-16,18-19H2,1-2H3,(H2,29,34). The highest BCUT2D eigenvalue weighted by atomic mass is 32.1. The summed E-state index contributed by atoms with van der Waals surface area (Å²) < 4.78 is 5.98. The molecule has 0 bridgehead atoms. The molecule has 3 aromatic carbocycles. The van der Waals surface area contributed by atoms with Crippen LogP contribution >= 0.6 is 12.2 Å². The monoisotopic (exact) mass is 473 g/mol. The number of amides is 1. The molecule has 1 heterocycles. The van der Waals surface area contributed by atoms with Crippen molar-refractivity contribution in [3.05, 3.63) is 89.5 Å². The molecular weight excluding hydrogens is 442 g/mol. The minimum absolute atomic E-state index is 0.0354. The van der Waals surface area contributed by atoms with E-state index in [0.717, 1.165) is 41.1 Å². The Balaban J connectivity index is 1.42. The SMILES string of the molecule is CCC(Cc1ccc(OCCN2CN(c3ccccc3)c3ccc(C)cc3C2=O)cc1)C(N)=S. The summed E-state index contributed by atoms with van der Waals surface area (Å²) in [5.41, 5.74) is 10.8. The first-order chi connectivity index (χ1) is 16.5. The zero-order valence-corrected chi connectivity index (χ0v) is 20.6. The van der Waals surface area contributed by atoms with Crippen molar-refractivity contribution in [2.75, 3.05) is 24.7 Å². The van der Waals surface area contributed by atoms with Gasteiger partial charge >= 0.3 is 0 Å². The minimum atomic E-state index is 0.0354. The highest BCUT2D eigenvalue weighted by Gasteiger charge is 2.30. The third-order valence-electron chi connectivity index (χ3n) is 6.27. The highest BCUT2D eigenvalue weighted by Crippen LogP contribution is 2.34. The van der Waals surface area contributed by atoms with Crippen molar-refractivity contribution >= 4 is 34.5 Å². The number of carbonyl (C=O) groups is 1. The van der Waals surface area contributed by atoms with E-state index in [9.17, 15) is 4.79 Å². The summed E-state index contributed by atoms with van der Waals surface area (Å²) in [4.78, 5) is 17.8. The van der Waals surface area contributed by atoms with Crippen molar-refractivity contribution in [1.82, 2.24) is 4.90 Å². The average molecular weight is 474 g/mol. The molecular formula is C28H31N3O2S. The number of ether oxygens (including phenoxy) is 1. The summed E-state index contributed by atoms with van der Waals surface area (Å²) in [6.45, 7) is 5.51. The van der Waals surface area contributed by atoms with Gasteiger partial charge < -0.3 is 20.3 Å². The Morgan fingerprint density at radius 2 is 1.82 bits per heavy atom. The third-order valence-corrected chi connectivity index (χ3v) is 6.60. The van der Waals surface area contributed by atoms with E-state index < -0.39 is 0 Å². The number of hydrogen-bond acceptors (Lipinski definition) is 4. The predicted molar refractivity (Wildman–Crippen MR) is 142 cm³/mol. The summed E-state index contributed by atoms with van der Waals surface area (Å²) in [5, 5.41) is 0. The number of para-hydroxylation sites is 1. The van der Waals surface area contributed by atoms with E-state index in [1.54, 1.807) is 0 Å². The smallest absolute Gasteiger partial charge is 0.257 e. The van der Waals surface area contributed by atoms with E-state index in [-0.39, 0.29) is 11.8 Å². The van der Waals surface area contributed by atoms with Crippen LogP contribution in [-0.2, 0) is 6.42 Å². The van der Waals surface area contributed by atoms with Crippen LogP contribution in [0.25, 0.3) is 0 Å². The van der Waals surface area contributed by atoms with Gasteiger partial charge in [0.05, 0.1) is 29.5 Å². The Hall–Kier alpha value is -3.38. The van der Waals surface area contributed by atoms with Gasteiger partial charge in [-0.15, -0.1) is 0 Å². The van der Waals surface area contributed by atoms with Crippen LogP contribution < -0.4 is 15.4 Å². The van der Waals surface area contributed by atoms with Gasteiger partial charge in [-0.2, -0.15) is 0 Å². The molecule has 0 aliphatic carbocycles. The fraction of sp³-hybridized carbons (Fsp3) is 0.286. The Kier molecular flexibility index (Phi) is 7.48. The maximum Gasteiger partial charge on any atom is 0.257 e. The lowest BCUT2D eigenvalue weighted by atomic mass is 9.97. The van der Waals surface area contributed by atoms with Crippen LogP contribution in [0.1, 0.15) is 34.8 Å². The predicted octanol–water partition coefficient (Wildman–Crippen LogP) is 5.48. The second kappa shape index (κ2) is 10.7. The topological polar surface area (TPSA) is 58.8 Å². The second-order valence-corrected chi connectivity index (χ2v) is 9.17. The van der Waals surface area contributed by atoms with Gasteiger partial charge in [-0.25, -0.2) is 0 Å². The Bertz CT molecular complexity index is 1150. The van der Waals surface area contributed by atoms with Gasteiger partial charge in [-0.1, -0.05) is 61.1 Å². The van der Waals surface area contributed by atoms with E-state index in [1.165, 1.54) is 5.56 Å². The number of rotatable bonds is 9. The number of nitrogens with two attached hydrogens (primary N) is 1. The van der Waals surface area contributed by atoms with Gasteiger partial charge in [0.25, 0.3) is 5.91 Å². The van der Waals surface area contributed by atoms with Gasteiger partial charge in [0.15, 0.2) is 0 Å². The van der Waals surface area contributed by atoms with Crippen LogP contribution in [0.5, 0.6) is 5.75 Å². The molecule has 6 heteroatoms. The normalized spacial score (nSPS) is 14.0. The number of carbonyl (C=O) groups excluding carboxylic acids is 1. The molecule has 4 rings (SSSR count). The molecule has 0 radical (unpaired) electrons. The molecule has 34 heavy (non-hydrogen) atoms. The van der Waals surface area contributed by atoms with Gasteiger partial charge in [0.1, 0.15) is 12.4 Å². The van der Waals surface area contributed by atoms with Crippen molar-refractivity contribution in [3.63, 3.8) is 0 Å². The number of thiocarbonyl (C=S) groups is 1. The maximum absolute atomic E-state index is 13.2. The second-order valence-electron chi connectivity index (χ2n) is 8.70. The Morgan fingerprint density at radius 3 is 2.50 bits per heavy atom. The van der Waals surface area contributed by atoms with Gasteiger partial charge in [-0.3, -0.25) is 4.79 Å². The lowest BCUT2D eigenvalue weighted by Crippen LogP contribution is -2.46. The van der Waals surface area contributed by atoms with Crippen LogP contribution in [0.2, 0.25) is 0 Å². The highest BCUT2D eigenvalue weighted by molar-refractivity contribution is 7.80. The fourth-order valence-electron chi connectivity index (χ4n) is 4.27. The number of aryl methyl sites for hydroxylation is 1. The van der Waals surface area contributed by atoms with E-state index in [2.05, 4.69) is 36.1 Å². The van der Waals surface area contributed by atoms with Gasteiger partial charge in [0.2, 0.25) is 0 Å². The zero-order valence-electron chi connectivity index (χ0n) is 19.7. The summed E-state index contributed by atoms with van der Waals surface area (Å²) in [7, 11) is 0. The first-order valence-corrected chi connectivity index (χ1v) is 12.1. The van der Waals surface area contributed by atoms with Crippen LogP contribution in [0.4, 0.5) is 11.4 Å². The lowest BCUT2D eigenvalue weighted by molar-refractivity contribution is 0.0721. The molecule has 1 aliphatic heterocycles. The lowest BCUT2D eigenvalue weighted by Gasteiger charge is -2.38. The van der Waals surface area contributed by atoms with E-state index in [4.69, 9.17) is 22.7 Å². The molecule has 176 valence electrons. The average Bonchev–Trinajstić information content (AvgIpc) is 2.85. The molecule has 2 N–H and O–H groups in total. The Labute approximate surface area is 207 Å². The van der Waals surface area contributed by atoms with Crippen molar-refractivity contribution in [1.29, 1.82) is 0 Å². The minimum Gasteiger partial charge on any atom is -0.492 e. The van der Waals surface area contributed by atoms with E-state index in [0.29, 0.717) is 24.8 Å². The quantitative estimate of drug-likeness (QED) is 0.417. The zero-order chi connectivity index (χ0) is 24.1. The van der Waals surface area contributed by atoms with Gasteiger partial charge in [-0.05, 0) is 61.7 Å². The summed E-state index contributed by atoms with van der Waals surface area (Å²) in [5.74, 6) is 1.03. The number of benzene rings is 3.